The third-order valence-electron chi connectivity index (χ3n) is 5.79. The molecule has 0 unspecified atom stereocenters. The van der Waals surface area contributed by atoms with Crippen LogP contribution >= 0.6 is 23.2 Å². The molecule has 1 N–H and O–H groups in total. The molecule has 0 bridgehead atoms. The average molecular weight is 561 g/mol. The smallest absolute Gasteiger partial charge is 0.242 e. The molecule has 2 rings (SSSR count). The SMILES string of the molecule is CC[C@@H](C)NC(=O)[C@H](C)N(Cc1ccc(Cl)cc1Cl)C(=O)CCCN(c1ccc(F)cc1)S(C)(=O)=O. The Morgan fingerprint density at radius 3 is 2.28 bits per heavy atom. The van der Waals surface area contributed by atoms with E-state index in [1.54, 1.807) is 25.1 Å². The fourth-order valence-electron chi connectivity index (χ4n) is 3.49. The highest BCUT2D eigenvalue weighted by atomic mass is 35.5. The van der Waals surface area contributed by atoms with E-state index in [2.05, 4.69) is 5.32 Å². The lowest BCUT2D eigenvalue weighted by Gasteiger charge is -2.30. The highest BCUT2D eigenvalue weighted by molar-refractivity contribution is 7.92. The second kappa shape index (κ2) is 13.3. The Hall–Kier alpha value is -2.36. The summed E-state index contributed by atoms with van der Waals surface area (Å²) < 4.78 is 39.1. The second-order valence-electron chi connectivity index (χ2n) is 8.67. The zero-order valence-electron chi connectivity index (χ0n) is 20.8. The van der Waals surface area contributed by atoms with Crippen LogP contribution in [0.2, 0.25) is 10.0 Å². The molecule has 2 atom stereocenters. The molecule has 0 saturated heterocycles. The van der Waals surface area contributed by atoms with Gasteiger partial charge >= 0.3 is 0 Å². The van der Waals surface area contributed by atoms with E-state index in [1.165, 1.54) is 29.2 Å². The van der Waals surface area contributed by atoms with Crippen molar-refractivity contribution < 1.29 is 22.4 Å². The molecule has 0 heterocycles. The summed E-state index contributed by atoms with van der Waals surface area (Å²) >= 11 is 12.3. The van der Waals surface area contributed by atoms with Crippen LogP contribution in [0, 0.1) is 5.82 Å². The zero-order valence-corrected chi connectivity index (χ0v) is 23.1. The molecular weight excluding hydrogens is 528 g/mol. The van der Waals surface area contributed by atoms with Gasteiger partial charge in [-0.05, 0) is 68.7 Å². The number of rotatable bonds is 12. The van der Waals surface area contributed by atoms with E-state index in [9.17, 15) is 22.4 Å². The fourth-order valence-corrected chi connectivity index (χ4v) is 4.93. The summed E-state index contributed by atoms with van der Waals surface area (Å²) in [4.78, 5) is 27.6. The second-order valence-corrected chi connectivity index (χ2v) is 11.4. The maximum absolute atomic E-state index is 13.3. The molecular formula is C25H32Cl2FN3O4S. The van der Waals surface area contributed by atoms with Crippen molar-refractivity contribution in [3.05, 3.63) is 63.9 Å². The normalized spacial score (nSPS) is 13.1. The molecule has 2 aromatic carbocycles. The predicted octanol–water partition coefficient (Wildman–Crippen LogP) is 5.01. The van der Waals surface area contributed by atoms with Crippen molar-refractivity contribution in [2.45, 2.75) is 58.7 Å². The summed E-state index contributed by atoms with van der Waals surface area (Å²) in [5.41, 5.74) is 0.930. The van der Waals surface area contributed by atoms with Crippen LogP contribution in [0.3, 0.4) is 0 Å². The van der Waals surface area contributed by atoms with E-state index in [0.29, 0.717) is 21.3 Å². The van der Waals surface area contributed by atoms with Crippen molar-refractivity contribution in [2.24, 2.45) is 0 Å². The third kappa shape index (κ3) is 8.64. The Labute approximate surface area is 222 Å². The van der Waals surface area contributed by atoms with Gasteiger partial charge in [0.2, 0.25) is 21.8 Å². The lowest BCUT2D eigenvalue weighted by Crippen LogP contribution is -2.49. The van der Waals surface area contributed by atoms with Crippen LogP contribution in [0.15, 0.2) is 42.5 Å². The van der Waals surface area contributed by atoms with Gasteiger partial charge in [0.1, 0.15) is 11.9 Å². The molecule has 36 heavy (non-hydrogen) atoms. The minimum Gasteiger partial charge on any atom is -0.352 e. The molecule has 0 aliphatic heterocycles. The van der Waals surface area contributed by atoms with Crippen LogP contribution in [-0.2, 0) is 26.2 Å². The van der Waals surface area contributed by atoms with Crippen molar-refractivity contribution >= 4 is 50.7 Å². The van der Waals surface area contributed by atoms with Crippen LogP contribution in [0.5, 0.6) is 0 Å². The fraction of sp³-hybridized carbons (Fsp3) is 0.440. The van der Waals surface area contributed by atoms with Gasteiger partial charge in [0.15, 0.2) is 0 Å². The van der Waals surface area contributed by atoms with Crippen LogP contribution < -0.4 is 9.62 Å². The van der Waals surface area contributed by atoms with Crippen molar-refractivity contribution in [1.82, 2.24) is 10.2 Å². The number of nitrogens with one attached hydrogen (secondary N) is 1. The lowest BCUT2D eigenvalue weighted by atomic mass is 10.1. The minimum absolute atomic E-state index is 0.0131. The van der Waals surface area contributed by atoms with Crippen LogP contribution in [-0.4, -0.2) is 50.0 Å². The number of carbonyl (C=O) groups excluding carboxylic acids is 2. The number of benzene rings is 2. The molecule has 11 heteroatoms. The van der Waals surface area contributed by atoms with Gasteiger partial charge in [-0.25, -0.2) is 12.8 Å². The summed E-state index contributed by atoms with van der Waals surface area (Å²) in [6.45, 7) is 5.56. The highest BCUT2D eigenvalue weighted by Gasteiger charge is 2.27. The zero-order chi connectivity index (χ0) is 27.0. The summed E-state index contributed by atoms with van der Waals surface area (Å²) in [5, 5.41) is 3.71. The first kappa shape index (κ1) is 29.9. The van der Waals surface area contributed by atoms with E-state index in [0.717, 1.165) is 17.0 Å². The number of halogens is 3. The maximum atomic E-state index is 13.3. The molecule has 0 fully saturated rings. The summed E-state index contributed by atoms with van der Waals surface area (Å²) in [6.07, 6.45) is 1.96. The number of amides is 2. The molecule has 0 aromatic heterocycles. The van der Waals surface area contributed by atoms with Gasteiger partial charge in [-0.2, -0.15) is 0 Å². The molecule has 7 nitrogen and oxygen atoms in total. The monoisotopic (exact) mass is 559 g/mol. The quantitative estimate of drug-likeness (QED) is 0.396. The van der Waals surface area contributed by atoms with Gasteiger partial charge in [-0.3, -0.25) is 13.9 Å². The van der Waals surface area contributed by atoms with Crippen LogP contribution in [0.4, 0.5) is 10.1 Å². The third-order valence-corrected chi connectivity index (χ3v) is 7.57. The van der Waals surface area contributed by atoms with Gasteiger partial charge < -0.3 is 10.2 Å². The molecule has 198 valence electrons. The standard InChI is InChI=1S/C25H32Cl2FN3O4S/c1-5-17(2)29-25(33)18(3)30(16-19-8-9-20(26)15-23(19)27)24(32)7-6-14-31(36(4,34)35)22-12-10-21(28)11-13-22/h8-13,15,17-18H,5-7,14,16H2,1-4H3,(H,29,33)/t17-,18+/m1/s1. The minimum atomic E-state index is -3.66. The highest BCUT2D eigenvalue weighted by Crippen LogP contribution is 2.24. The molecule has 0 radical (unpaired) electrons. The molecule has 0 saturated carbocycles. The van der Waals surface area contributed by atoms with Crippen LogP contribution in [0.25, 0.3) is 0 Å². The van der Waals surface area contributed by atoms with E-state index >= 15 is 0 Å². The predicted molar refractivity (Wildman–Crippen MR) is 142 cm³/mol. The van der Waals surface area contributed by atoms with Gasteiger partial charge in [0, 0.05) is 35.6 Å². The molecule has 2 amide bonds. The van der Waals surface area contributed by atoms with Gasteiger partial charge in [-0.15, -0.1) is 0 Å². The first-order valence-electron chi connectivity index (χ1n) is 11.6. The summed E-state index contributed by atoms with van der Waals surface area (Å²) in [5.74, 6) is -1.12. The Bertz CT molecular complexity index is 1160. The molecule has 0 aliphatic rings. The van der Waals surface area contributed by atoms with E-state index in [-0.39, 0.29) is 43.8 Å². The van der Waals surface area contributed by atoms with E-state index in [4.69, 9.17) is 23.2 Å². The first-order chi connectivity index (χ1) is 16.8. The van der Waals surface area contributed by atoms with Crippen molar-refractivity contribution in [3.63, 3.8) is 0 Å². The Morgan fingerprint density at radius 2 is 1.72 bits per heavy atom. The summed E-state index contributed by atoms with van der Waals surface area (Å²) in [6, 6.07) is 9.16. The lowest BCUT2D eigenvalue weighted by molar-refractivity contribution is -0.140. The molecule has 2 aromatic rings. The number of anilines is 1. The van der Waals surface area contributed by atoms with E-state index < -0.39 is 21.9 Å². The van der Waals surface area contributed by atoms with Crippen molar-refractivity contribution in [1.29, 1.82) is 0 Å². The number of hydrogen-bond acceptors (Lipinski definition) is 4. The first-order valence-corrected chi connectivity index (χ1v) is 14.2. The van der Waals surface area contributed by atoms with Gasteiger partial charge in [0.25, 0.3) is 0 Å². The number of sulfonamides is 1. The van der Waals surface area contributed by atoms with Gasteiger partial charge in [0.05, 0.1) is 11.9 Å². The topological polar surface area (TPSA) is 86.8 Å². The van der Waals surface area contributed by atoms with Crippen molar-refractivity contribution in [2.75, 3.05) is 17.1 Å². The van der Waals surface area contributed by atoms with E-state index in [1.807, 2.05) is 13.8 Å². The number of hydrogen-bond donors (Lipinski definition) is 1. The average Bonchev–Trinajstić information content (AvgIpc) is 2.80. The Kier molecular flexibility index (Phi) is 11.0. The Morgan fingerprint density at radius 1 is 1.08 bits per heavy atom. The molecule has 0 spiro atoms. The Balaban J connectivity index is 2.20. The van der Waals surface area contributed by atoms with Crippen molar-refractivity contribution in [3.8, 4) is 0 Å². The maximum Gasteiger partial charge on any atom is 0.242 e. The summed E-state index contributed by atoms with van der Waals surface area (Å²) in [7, 11) is -3.66. The number of nitrogens with zero attached hydrogens (tertiary/aromatic N) is 2. The number of carbonyl (C=O) groups is 2. The largest absolute Gasteiger partial charge is 0.352 e. The van der Waals surface area contributed by atoms with Crippen LogP contribution in [0.1, 0.15) is 45.6 Å². The van der Waals surface area contributed by atoms with Gasteiger partial charge in [-0.1, -0.05) is 36.2 Å². The molecule has 0 aliphatic carbocycles.